The van der Waals surface area contributed by atoms with Crippen molar-refractivity contribution in [1.29, 1.82) is 0 Å². The van der Waals surface area contributed by atoms with Gasteiger partial charge < -0.3 is 15.5 Å². The summed E-state index contributed by atoms with van der Waals surface area (Å²) >= 11 is 0. The molecule has 1 unspecified atom stereocenters. The van der Waals surface area contributed by atoms with Gasteiger partial charge in [0.2, 0.25) is 0 Å². The van der Waals surface area contributed by atoms with Gasteiger partial charge in [-0.1, -0.05) is 6.07 Å². The molecule has 0 aliphatic carbocycles. The summed E-state index contributed by atoms with van der Waals surface area (Å²) in [4.78, 5) is 4.60. The van der Waals surface area contributed by atoms with Crippen LogP contribution in [-0.2, 0) is 0 Å². The van der Waals surface area contributed by atoms with Crippen LogP contribution in [0.5, 0.6) is 0 Å². The predicted octanol–water partition coefficient (Wildman–Crippen LogP) is 2.07. The molecule has 0 saturated carbocycles. The quantitative estimate of drug-likeness (QED) is 0.888. The highest BCUT2D eigenvalue weighted by Gasteiger charge is 2.35. The number of nitrogens with zero attached hydrogens (tertiary/aromatic N) is 2. The number of halogens is 1. The summed E-state index contributed by atoms with van der Waals surface area (Å²) in [6.45, 7) is 6.94. The van der Waals surface area contributed by atoms with Gasteiger partial charge in [-0.15, -0.1) is 0 Å². The normalized spacial score (nSPS) is 24.3. The fraction of sp³-hybridized carbons (Fsp3) is 0.600. The van der Waals surface area contributed by atoms with Crippen LogP contribution in [0.15, 0.2) is 24.3 Å². The zero-order chi connectivity index (χ0) is 14.0. The Hall–Kier alpha value is -1.13. The van der Waals surface area contributed by atoms with E-state index >= 15 is 0 Å². The Bertz CT molecular complexity index is 433. The second-order valence-electron chi connectivity index (χ2n) is 6.06. The van der Waals surface area contributed by atoms with E-state index in [1.165, 1.54) is 6.07 Å². The molecular formula is C15H24FN3. The van der Waals surface area contributed by atoms with E-state index in [-0.39, 0.29) is 17.4 Å². The van der Waals surface area contributed by atoms with Crippen molar-refractivity contribution in [3.63, 3.8) is 0 Å². The molecule has 1 aromatic rings. The highest BCUT2D eigenvalue weighted by Crippen LogP contribution is 2.31. The smallest absolute Gasteiger partial charge is 0.125 e. The Balaban J connectivity index is 2.41. The van der Waals surface area contributed by atoms with Gasteiger partial charge in [0.15, 0.2) is 0 Å². The SMILES string of the molecule is CN1CCC(C)(C)N(c2cccc(F)c2)C(CN)C1. The summed E-state index contributed by atoms with van der Waals surface area (Å²) < 4.78 is 13.5. The first-order valence-electron chi connectivity index (χ1n) is 6.87. The van der Waals surface area contributed by atoms with Gasteiger partial charge in [0.1, 0.15) is 5.82 Å². The number of nitrogens with two attached hydrogens (primary N) is 1. The lowest BCUT2D eigenvalue weighted by molar-refractivity contribution is 0.329. The van der Waals surface area contributed by atoms with Crippen molar-refractivity contribution >= 4 is 5.69 Å². The highest BCUT2D eigenvalue weighted by atomic mass is 19.1. The van der Waals surface area contributed by atoms with Gasteiger partial charge in [-0.3, -0.25) is 0 Å². The minimum atomic E-state index is -0.193. The molecule has 0 amide bonds. The van der Waals surface area contributed by atoms with Crippen LogP contribution in [0, 0.1) is 5.82 Å². The Morgan fingerprint density at radius 2 is 2.16 bits per heavy atom. The molecule has 1 atom stereocenters. The Kier molecular flexibility index (Phi) is 4.11. The number of likely N-dealkylation sites (N-methyl/N-ethyl adjacent to an activating group) is 1. The second kappa shape index (κ2) is 5.47. The van der Waals surface area contributed by atoms with E-state index in [2.05, 4.69) is 30.7 Å². The second-order valence-corrected chi connectivity index (χ2v) is 6.06. The van der Waals surface area contributed by atoms with Gasteiger partial charge in [0.25, 0.3) is 0 Å². The first kappa shape index (κ1) is 14.3. The summed E-state index contributed by atoms with van der Waals surface area (Å²) in [7, 11) is 2.12. The van der Waals surface area contributed by atoms with E-state index in [1.54, 1.807) is 12.1 Å². The highest BCUT2D eigenvalue weighted by molar-refractivity contribution is 5.50. The molecule has 1 aliphatic rings. The van der Waals surface area contributed by atoms with E-state index in [4.69, 9.17) is 5.73 Å². The predicted molar refractivity (Wildman–Crippen MR) is 77.9 cm³/mol. The summed E-state index contributed by atoms with van der Waals surface area (Å²) in [5.41, 5.74) is 6.86. The molecule has 2 rings (SSSR count). The van der Waals surface area contributed by atoms with Crippen LogP contribution < -0.4 is 10.6 Å². The van der Waals surface area contributed by atoms with Gasteiger partial charge in [-0.2, -0.15) is 0 Å². The number of benzene rings is 1. The van der Waals surface area contributed by atoms with Crippen molar-refractivity contribution in [2.45, 2.75) is 31.8 Å². The van der Waals surface area contributed by atoms with Gasteiger partial charge in [0.05, 0.1) is 6.04 Å². The minimum Gasteiger partial charge on any atom is -0.361 e. The maximum atomic E-state index is 13.5. The van der Waals surface area contributed by atoms with Gasteiger partial charge >= 0.3 is 0 Å². The molecule has 1 aromatic carbocycles. The number of hydrogen-bond acceptors (Lipinski definition) is 3. The summed E-state index contributed by atoms with van der Waals surface area (Å²) in [5, 5.41) is 0. The molecule has 1 heterocycles. The van der Waals surface area contributed by atoms with Crippen LogP contribution in [0.2, 0.25) is 0 Å². The molecule has 0 bridgehead atoms. The van der Waals surface area contributed by atoms with Gasteiger partial charge in [0, 0.05) is 30.9 Å². The zero-order valence-electron chi connectivity index (χ0n) is 12.1. The molecule has 106 valence electrons. The van der Waals surface area contributed by atoms with E-state index in [0.717, 1.165) is 25.2 Å². The molecule has 0 aromatic heterocycles. The fourth-order valence-electron chi connectivity index (χ4n) is 2.98. The molecule has 0 spiro atoms. The molecule has 1 saturated heterocycles. The molecule has 4 heteroatoms. The third kappa shape index (κ3) is 3.07. The van der Waals surface area contributed by atoms with Crippen LogP contribution in [0.4, 0.5) is 10.1 Å². The molecule has 19 heavy (non-hydrogen) atoms. The monoisotopic (exact) mass is 265 g/mol. The van der Waals surface area contributed by atoms with Crippen molar-refractivity contribution in [2.75, 3.05) is 31.6 Å². The van der Waals surface area contributed by atoms with Crippen molar-refractivity contribution in [3.8, 4) is 0 Å². The summed E-state index contributed by atoms with van der Waals surface area (Å²) in [6, 6.07) is 7.04. The van der Waals surface area contributed by atoms with Gasteiger partial charge in [-0.05, 0) is 45.5 Å². The zero-order valence-corrected chi connectivity index (χ0v) is 12.1. The summed E-state index contributed by atoms with van der Waals surface area (Å²) in [5.74, 6) is -0.193. The maximum Gasteiger partial charge on any atom is 0.125 e. The lowest BCUT2D eigenvalue weighted by Gasteiger charge is -2.43. The van der Waals surface area contributed by atoms with Crippen LogP contribution in [0.25, 0.3) is 0 Å². The standard InChI is InChI=1S/C15H24FN3/c1-15(2)7-8-18(3)11-14(10-17)19(15)13-6-4-5-12(16)9-13/h4-6,9,14H,7-8,10-11,17H2,1-3H3. The molecule has 1 fully saturated rings. The minimum absolute atomic E-state index is 0.0252. The first-order valence-corrected chi connectivity index (χ1v) is 6.87. The van der Waals surface area contributed by atoms with Crippen LogP contribution >= 0.6 is 0 Å². The topological polar surface area (TPSA) is 32.5 Å². The largest absolute Gasteiger partial charge is 0.361 e. The third-order valence-corrected chi connectivity index (χ3v) is 4.00. The van der Waals surface area contributed by atoms with Crippen LogP contribution in [0.3, 0.4) is 0 Å². The van der Waals surface area contributed by atoms with Gasteiger partial charge in [-0.25, -0.2) is 4.39 Å². The van der Waals surface area contributed by atoms with Crippen molar-refractivity contribution in [3.05, 3.63) is 30.1 Å². The van der Waals surface area contributed by atoms with Crippen molar-refractivity contribution in [1.82, 2.24) is 4.90 Å². The Morgan fingerprint density at radius 3 is 2.79 bits per heavy atom. The molecule has 2 N–H and O–H groups in total. The average Bonchev–Trinajstić information content (AvgIpc) is 2.46. The van der Waals surface area contributed by atoms with Crippen LogP contribution in [-0.4, -0.2) is 43.2 Å². The van der Waals surface area contributed by atoms with Crippen LogP contribution in [0.1, 0.15) is 20.3 Å². The number of rotatable bonds is 2. The molecule has 0 radical (unpaired) electrons. The maximum absolute atomic E-state index is 13.5. The Morgan fingerprint density at radius 1 is 1.42 bits per heavy atom. The fourth-order valence-corrected chi connectivity index (χ4v) is 2.98. The van der Waals surface area contributed by atoms with Crippen molar-refractivity contribution < 1.29 is 4.39 Å². The number of hydrogen-bond donors (Lipinski definition) is 1. The van der Waals surface area contributed by atoms with E-state index in [0.29, 0.717) is 6.54 Å². The molecule has 1 aliphatic heterocycles. The van der Waals surface area contributed by atoms with Crippen molar-refractivity contribution in [2.24, 2.45) is 5.73 Å². The van der Waals surface area contributed by atoms with E-state index in [9.17, 15) is 4.39 Å². The number of anilines is 1. The lowest BCUT2D eigenvalue weighted by Crippen LogP contribution is -2.54. The molecule has 3 nitrogen and oxygen atoms in total. The Labute approximate surface area is 115 Å². The van der Waals surface area contributed by atoms with E-state index in [1.807, 2.05) is 6.07 Å². The van der Waals surface area contributed by atoms with E-state index < -0.39 is 0 Å². The molecular weight excluding hydrogens is 241 g/mol. The lowest BCUT2D eigenvalue weighted by atomic mass is 9.95. The average molecular weight is 265 g/mol. The third-order valence-electron chi connectivity index (χ3n) is 4.00. The first-order chi connectivity index (χ1) is 8.94. The summed E-state index contributed by atoms with van der Waals surface area (Å²) in [6.07, 6.45) is 1.04.